The molecule has 57 valence electrons. The van der Waals surface area contributed by atoms with E-state index in [4.69, 9.17) is 0 Å². The molecule has 0 N–H and O–H groups in total. The van der Waals surface area contributed by atoms with Gasteiger partial charge >= 0.3 is 0 Å². The van der Waals surface area contributed by atoms with Crippen molar-refractivity contribution in [1.82, 2.24) is 0 Å². The van der Waals surface area contributed by atoms with Crippen molar-refractivity contribution in [3.63, 3.8) is 0 Å². The van der Waals surface area contributed by atoms with E-state index in [0.717, 1.165) is 0 Å². The van der Waals surface area contributed by atoms with E-state index in [2.05, 4.69) is 48.5 Å². The minimum atomic E-state index is 0. The molecule has 0 nitrogen and oxygen atoms in total. The summed E-state index contributed by atoms with van der Waals surface area (Å²) in [6, 6.07) is 16.7. The molecular formula is C10H10NaS. The molecule has 1 radical (unpaired) electrons. The smallest absolute Gasteiger partial charge is 0 e. The summed E-state index contributed by atoms with van der Waals surface area (Å²) in [7, 11) is 0. The second-order valence-electron chi connectivity index (χ2n) is 2.35. The van der Waals surface area contributed by atoms with Crippen molar-refractivity contribution in [2.24, 2.45) is 0 Å². The minimum absolute atomic E-state index is 0. The molecule has 0 unspecified atom stereocenters. The van der Waals surface area contributed by atoms with Crippen molar-refractivity contribution in [2.45, 2.75) is 0 Å². The number of benzene rings is 2. The van der Waals surface area contributed by atoms with Gasteiger partial charge in [-0.2, -0.15) is 13.5 Å². The van der Waals surface area contributed by atoms with Crippen molar-refractivity contribution in [3.05, 3.63) is 48.5 Å². The predicted octanol–water partition coefficient (Wildman–Crippen LogP) is 2.57. The quantitative estimate of drug-likeness (QED) is 0.553. The van der Waals surface area contributed by atoms with Gasteiger partial charge in [0.1, 0.15) is 0 Å². The molecule has 12 heavy (non-hydrogen) atoms. The Hall–Kier alpha value is 0.0500. The Morgan fingerprint density at radius 3 is 1.08 bits per heavy atom. The van der Waals surface area contributed by atoms with Crippen molar-refractivity contribution < 1.29 is 0 Å². The molecule has 2 rings (SSSR count). The van der Waals surface area contributed by atoms with Crippen LogP contribution in [0.5, 0.6) is 0 Å². The molecule has 0 aliphatic carbocycles. The van der Waals surface area contributed by atoms with Crippen molar-refractivity contribution in [1.29, 1.82) is 0 Å². The number of hydrogen-bond donors (Lipinski definition) is 0. The molecule has 0 fully saturated rings. The third kappa shape index (κ3) is 2.53. The molecule has 0 aromatic heterocycles. The molecule has 0 aliphatic heterocycles. The van der Waals surface area contributed by atoms with Gasteiger partial charge in [0.25, 0.3) is 0 Å². The van der Waals surface area contributed by atoms with Crippen LogP contribution in [-0.2, 0) is 0 Å². The summed E-state index contributed by atoms with van der Waals surface area (Å²) < 4.78 is 0. The summed E-state index contributed by atoms with van der Waals surface area (Å²) in [6.07, 6.45) is 0. The van der Waals surface area contributed by atoms with Gasteiger partial charge in [0.2, 0.25) is 0 Å². The summed E-state index contributed by atoms with van der Waals surface area (Å²) in [5.41, 5.74) is 0. The van der Waals surface area contributed by atoms with Crippen molar-refractivity contribution >= 4 is 53.8 Å². The fourth-order valence-electron chi connectivity index (χ4n) is 1.13. The molecule has 0 spiro atoms. The standard InChI is InChI=1S/C10H8.Na.H2S/c1-2-6-10-8-4-3-7-9(10)5-1;;/h1-8H;;1H2. The Kier molecular flexibility index (Phi) is 5.68. The normalized spacial score (nSPS) is 8.33. The third-order valence-corrected chi connectivity index (χ3v) is 1.66. The van der Waals surface area contributed by atoms with Crippen LogP contribution in [0.25, 0.3) is 10.8 Å². The van der Waals surface area contributed by atoms with Gasteiger partial charge in [-0.25, -0.2) is 0 Å². The summed E-state index contributed by atoms with van der Waals surface area (Å²) in [5.74, 6) is 0. The van der Waals surface area contributed by atoms with E-state index in [1.54, 1.807) is 0 Å². The predicted molar refractivity (Wildman–Crippen MR) is 60.1 cm³/mol. The van der Waals surface area contributed by atoms with Crippen LogP contribution < -0.4 is 0 Å². The Balaban J connectivity index is 0.000000605. The second-order valence-corrected chi connectivity index (χ2v) is 2.35. The third-order valence-electron chi connectivity index (χ3n) is 1.66. The van der Waals surface area contributed by atoms with Gasteiger partial charge in [0, 0.05) is 29.6 Å². The molecule has 0 amide bonds. The Labute approximate surface area is 102 Å². The molecule has 0 atom stereocenters. The maximum atomic E-state index is 2.12. The van der Waals surface area contributed by atoms with Gasteiger partial charge in [-0.1, -0.05) is 48.5 Å². The zero-order valence-electron chi connectivity index (χ0n) is 7.12. The van der Waals surface area contributed by atoms with E-state index in [1.807, 2.05) is 0 Å². The van der Waals surface area contributed by atoms with Gasteiger partial charge in [0.15, 0.2) is 0 Å². The molecule has 0 aliphatic rings. The van der Waals surface area contributed by atoms with Crippen LogP contribution in [0.1, 0.15) is 0 Å². The van der Waals surface area contributed by atoms with Crippen LogP contribution in [-0.4, -0.2) is 29.6 Å². The van der Waals surface area contributed by atoms with Crippen LogP contribution in [0, 0.1) is 0 Å². The summed E-state index contributed by atoms with van der Waals surface area (Å²) in [5, 5.41) is 2.62. The van der Waals surface area contributed by atoms with Crippen LogP contribution in [0.3, 0.4) is 0 Å². The Bertz CT molecular complexity index is 281. The average Bonchev–Trinajstić information content (AvgIpc) is 2.05. The van der Waals surface area contributed by atoms with Gasteiger partial charge in [0.05, 0.1) is 0 Å². The molecule has 2 heteroatoms. The number of rotatable bonds is 0. The Morgan fingerprint density at radius 1 is 0.583 bits per heavy atom. The zero-order valence-corrected chi connectivity index (χ0v) is 10.1. The first-order valence-electron chi connectivity index (χ1n) is 3.40. The molecule has 2 aromatic rings. The molecule has 2 aromatic carbocycles. The van der Waals surface area contributed by atoms with Crippen LogP contribution in [0.4, 0.5) is 0 Å². The first-order chi connectivity index (χ1) is 4.97. The van der Waals surface area contributed by atoms with Gasteiger partial charge < -0.3 is 0 Å². The molecule has 0 saturated heterocycles. The molecule has 0 bridgehead atoms. The van der Waals surface area contributed by atoms with Gasteiger partial charge in [-0.15, -0.1) is 0 Å². The van der Waals surface area contributed by atoms with E-state index >= 15 is 0 Å². The number of fused-ring (bicyclic) bond motifs is 1. The van der Waals surface area contributed by atoms with Crippen LogP contribution >= 0.6 is 13.5 Å². The fraction of sp³-hybridized carbons (Fsp3) is 0. The summed E-state index contributed by atoms with van der Waals surface area (Å²) in [4.78, 5) is 0. The molecule has 0 heterocycles. The zero-order chi connectivity index (χ0) is 6.81. The van der Waals surface area contributed by atoms with Crippen molar-refractivity contribution in [2.75, 3.05) is 0 Å². The average molecular weight is 185 g/mol. The van der Waals surface area contributed by atoms with Crippen LogP contribution in [0.15, 0.2) is 48.5 Å². The first kappa shape index (κ1) is 12.0. The topological polar surface area (TPSA) is 0 Å². The van der Waals surface area contributed by atoms with Gasteiger partial charge in [-0.3, -0.25) is 0 Å². The van der Waals surface area contributed by atoms with E-state index in [9.17, 15) is 0 Å². The van der Waals surface area contributed by atoms with E-state index < -0.39 is 0 Å². The maximum Gasteiger partial charge on any atom is 0 e. The van der Waals surface area contributed by atoms with E-state index in [1.165, 1.54) is 10.8 Å². The summed E-state index contributed by atoms with van der Waals surface area (Å²) >= 11 is 0. The SMILES string of the molecule is S.[Na].c1ccc2ccccc2c1. The van der Waals surface area contributed by atoms with E-state index in [-0.39, 0.29) is 43.1 Å². The maximum absolute atomic E-state index is 2.12. The summed E-state index contributed by atoms with van der Waals surface area (Å²) in [6.45, 7) is 0. The fourth-order valence-corrected chi connectivity index (χ4v) is 1.13. The van der Waals surface area contributed by atoms with Crippen LogP contribution in [0.2, 0.25) is 0 Å². The monoisotopic (exact) mass is 185 g/mol. The largest absolute Gasteiger partial charge is 0.197 e. The molecule has 0 saturated carbocycles. The number of hydrogen-bond acceptors (Lipinski definition) is 0. The minimum Gasteiger partial charge on any atom is -0.197 e. The molecular weight excluding hydrogens is 175 g/mol. The Morgan fingerprint density at radius 2 is 0.833 bits per heavy atom. The van der Waals surface area contributed by atoms with Gasteiger partial charge in [-0.05, 0) is 10.8 Å². The van der Waals surface area contributed by atoms with Crippen molar-refractivity contribution in [3.8, 4) is 0 Å². The first-order valence-corrected chi connectivity index (χ1v) is 3.40. The van der Waals surface area contributed by atoms with E-state index in [0.29, 0.717) is 0 Å². The second kappa shape index (κ2) is 5.65.